The molecule has 1 saturated heterocycles. The summed E-state index contributed by atoms with van der Waals surface area (Å²) in [5.41, 5.74) is 0. The van der Waals surface area contributed by atoms with Crippen molar-refractivity contribution < 1.29 is 9.84 Å². The molecule has 0 aliphatic carbocycles. The van der Waals surface area contributed by atoms with Crippen molar-refractivity contribution in [1.82, 2.24) is 0 Å². The highest BCUT2D eigenvalue weighted by Gasteiger charge is 2.27. The number of hydrogen-bond acceptors (Lipinski definition) is 2. The van der Waals surface area contributed by atoms with Crippen LogP contribution in [0.1, 0.15) is 39.5 Å². The minimum atomic E-state index is -0.328. The number of aliphatic hydroxyl groups excluding tert-OH is 1. The van der Waals surface area contributed by atoms with E-state index in [1.54, 1.807) is 0 Å². The van der Waals surface area contributed by atoms with Gasteiger partial charge < -0.3 is 9.84 Å². The van der Waals surface area contributed by atoms with Gasteiger partial charge in [-0.15, -0.1) is 11.8 Å². The van der Waals surface area contributed by atoms with Gasteiger partial charge in [0.2, 0.25) is 0 Å². The number of ether oxygens (including phenoxy) is 1. The smallest absolute Gasteiger partial charge is 0.0838 e. The Hall–Kier alpha value is -0.520. The molecular formula is C11H18O2. The third-order valence-electron chi connectivity index (χ3n) is 2.44. The van der Waals surface area contributed by atoms with Crippen molar-refractivity contribution in [3.8, 4) is 11.8 Å². The Morgan fingerprint density at radius 1 is 1.54 bits per heavy atom. The van der Waals surface area contributed by atoms with Gasteiger partial charge in [-0.25, -0.2) is 0 Å². The fourth-order valence-corrected chi connectivity index (χ4v) is 1.65. The van der Waals surface area contributed by atoms with Gasteiger partial charge in [-0.05, 0) is 33.1 Å². The van der Waals surface area contributed by atoms with Crippen LogP contribution in [-0.2, 0) is 4.74 Å². The molecule has 2 nitrogen and oxygen atoms in total. The molecule has 1 aliphatic rings. The summed E-state index contributed by atoms with van der Waals surface area (Å²) in [6.07, 6.45) is 3.60. The third kappa shape index (κ3) is 3.38. The zero-order chi connectivity index (χ0) is 9.68. The fraction of sp³-hybridized carbons (Fsp3) is 0.818. The Balaban J connectivity index is 2.22. The molecule has 3 unspecified atom stereocenters. The van der Waals surface area contributed by atoms with E-state index in [0.717, 1.165) is 25.7 Å². The Morgan fingerprint density at radius 2 is 2.31 bits per heavy atom. The zero-order valence-electron chi connectivity index (χ0n) is 8.42. The fourth-order valence-electron chi connectivity index (χ4n) is 1.65. The van der Waals surface area contributed by atoms with Crippen LogP contribution >= 0.6 is 0 Å². The standard InChI is InChI=1S/C11H18O2/c1-3-4-5-6-10(12)11-8-7-9(2)13-11/h9-12H,5-8H2,1-2H3. The highest BCUT2D eigenvalue weighted by molar-refractivity contribution is 4.95. The van der Waals surface area contributed by atoms with E-state index in [9.17, 15) is 5.11 Å². The first-order valence-corrected chi connectivity index (χ1v) is 4.97. The second-order valence-electron chi connectivity index (χ2n) is 3.60. The first kappa shape index (κ1) is 10.6. The summed E-state index contributed by atoms with van der Waals surface area (Å²) in [7, 11) is 0. The van der Waals surface area contributed by atoms with Gasteiger partial charge in [-0.2, -0.15) is 0 Å². The molecule has 3 atom stereocenters. The summed E-state index contributed by atoms with van der Waals surface area (Å²) in [6.45, 7) is 3.87. The summed E-state index contributed by atoms with van der Waals surface area (Å²) in [5.74, 6) is 5.77. The zero-order valence-corrected chi connectivity index (χ0v) is 8.42. The van der Waals surface area contributed by atoms with Crippen LogP contribution in [0.3, 0.4) is 0 Å². The summed E-state index contributed by atoms with van der Waals surface area (Å²) in [5, 5.41) is 9.70. The predicted octanol–water partition coefficient (Wildman–Crippen LogP) is 1.72. The van der Waals surface area contributed by atoms with E-state index in [1.165, 1.54) is 0 Å². The highest BCUT2D eigenvalue weighted by atomic mass is 16.5. The second-order valence-corrected chi connectivity index (χ2v) is 3.60. The molecule has 1 rings (SSSR count). The van der Waals surface area contributed by atoms with Crippen LogP contribution in [0.4, 0.5) is 0 Å². The largest absolute Gasteiger partial charge is 0.390 e. The van der Waals surface area contributed by atoms with Crippen LogP contribution in [0, 0.1) is 11.8 Å². The molecule has 1 aliphatic heterocycles. The maximum Gasteiger partial charge on any atom is 0.0838 e. The van der Waals surface area contributed by atoms with Gasteiger partial charge in [-0.3, -0.25) is 0 Å². The van der Waals surface area contributed by atoms with Crippen molar-refractivity contribution in [2.75, 3.05) is 0 Å². The number of hydrogen-bond donors (Lipinski definition) is 1. The SMILES string of the molecule is CC#CCCC(O)C1CCC(C)O1. The quantitative estimate of drug-likeness (QED) is 0.673. The van der Waals surface area contributed by atoms with Crippen LogP contribution in [0.5, 0.6) is 0 Å². The van der Waals surface area contributed by atoms with Crippen molar-refractivity contribution in [1.29, 1.82) is 0 Å². The number of aliphatic hydroxyl groups is 1. The topological polar surface area (TPSA) is 29.5 Å². The Labute approximate surface area is 80.3 Å². The van der Waals surface area contributed by atoms with Gasteiger partial charge >= 0.3 is 0 Å². The second kappa shape index (κ2) is 5.26. The summed E-state index contributed by atoms with van der Waals surface area (Å²) < 4.78 is 5.56. The van der Waals surface area contributed by atoms with Gasteiger partial charge in [-0.1, -0.05) is 0 Å². The molecule has 0 saturated carbocycles. The Kier molecular flexibility index (Phi) is 4.27. The molecule has 0 bridgehead atoms. The van der Waals surface area contributed by atoms with Crippen LogP contribution in [0.25, 0.3) is 0 Å². The lowest BCUT2D eigenvalue weighted by Gasteiger charge is -2.16. The van der Waals surface area contributed by atoms with E-state index in [0.29, 0.717) is 6.10 Å². The van der Waals surface area contributed by atoms with Gasteiger partial charge in [0.1, 0.15) is 0 Å². The Bertz CT molecular complexity index is 202. The normalized spacial score (nSPS) is 29.5. The lowest BCUT2D eigenvalue weighted by atomic mass is 10.1. The minimum Gasteiger partial charge on any atom is -0.390 e. The molecule has 0 radical (unpaired) electrons. The molecular weight excluding hydrogens is 164 g/mol. The molecule has 74 valence electrons. The monoisotopic (exact) mass is 182 g/mol. The molecule has 13 heavy (non-hydrogen) atoms. The lowest BCUT2D eigenvalue weighted by Crippen LogP contribution is -2.25. The summed E-state index contributed by atoms with van der Waals surface area (Å²) >= 11 is 0. The molecule has 0 aromatic heterocycles. The average molecular weight is 182 g/mol. The van der Waals surface area contributed by atoms with Crippen LogP contribution in [0.15, 0.2) is 0 Å². The van der Waals surface area contributed by atoms with Crippen molar-refractivity contribution in [3.05, 3.63) is 0 Å². The van der Waals surface area contributed by atoms with Crippen molar-refractivity contribution in [3.63, 3.8) is 0 Å². The molecule has 0 amide bonds. The highest BCUT2D eigenvalue weighted by Crippen LogP contribution is 2.23. The van der Waals surface area contributed by atoms with E-state index in [2.05, 4.69) is 18.8 Å². The average Bonchev–Trinajstić information content (AvgIpc) is 2.52. The molecule has 1 N–H and O–H groups in total. The minimum absolute atomic E-state index is 0.0497. The van der Waals surface area contributed by atoms with E-state index in [4.69, 9.17) is 4.74 Å². The third-order valence-corrected chi connectivity index (χ3v) is 2.44. The summed E-state index contributed by atoms with van der Waals surface area (Å²) in [6, 6.07) is 0. The van der Waals surface area contributed by atoms with E-state index in [-0.39, 0.29) is 12.2 Å². The molecule has 1 heterocycles. The molecule has 0 aromatic carbocycles. The van der Waals surface area contributed by atoms with Crippen molar-refractivity contribution in [2.24, 2.45) is 0 Å². The molecule has 0 aromatic rings. The number of rotatable bonds is 3. The molecule has 0 spiro atoms. The van der Waals surface area contributed by atoms with Gasteiger partial charge in [0.05, 0.1) is 18.3 Å². The maximum atomic E-state index is 9.70. The van der Waals surface area contributed by atoms with Crippen LogP contribution in [-0.4, -0.2) is 23.4 Å². The van der Waals surface area contributed by atoms with Gasteiger partial charge in [0.15, 0.2) is 0 Å². The van der Waals surface area contributed by atoms with E-state index >= 15 is 0 Å². The van der Waals surface area contributed by atoms with E-state index in [1.807, 2.05) is 6.92 Å². The lowest BCUT2D eigenvalue weighted by molar-refractivity contribution is -0.0307. The van der Waals surface area contributed by atoms with E-state index < -0.39 is 0 Å². The van der Waals surface area contributed by atoms with Crippen LogP contribution in [0.2, 0.25) is 0 Å². The molecule has 2 heteroatoms. The van der Waals surface area contributed by atoms with Gasteiger partial charge in [0.25, 0.3) is 0 Å². The van der Waals surface area contributed by atoms with Crippen molar-refractivity contribution in [2.45, 2.75) is 57.8 Å². The first-order valence-electron chi connectivity index (χ1n) is 4.97. The van der Waals surface area contributed by atoms with Gasteiger partial charge in [0, 0.05) is 6.42 Å². The first-order chi connectivity index (χ1) is 6.24. The maximum absolute atomic E-state index is 9.70. The Morgan fingerprint density at radius 3 is 2.85 bits per heavy atom. The van der Waals surface area contributed by atoms with Crippen molar-refractivity contribution >= 4 is 0 Å². The molecule has 1 fully saturated rings. The predicted molar refractivity (Wildman–Crippen MR) is 52.3 cm³/mol. The van der Waals surface area contributed by atoms with Crippen LogP contribution < -0.4 is 0 Å². The summed E-state index contributed by atoms with van der Waals surface area (Å²) in [4.78, 5) is 0.